The molecule has 32 heavy (non-hydrogen) atoms. The summed E-state index contributed by atoms with van der Waals surface area (Å²) in [6, 6.07) is 17.6. The van der Waals surface area contributed by atoms with Crippen LogP contribution < -0.4 is 10.6 Å². The first-order valence-electron chi connectivity index (χ1n) is 10.8. The van der Waals surface area contributed by atoms with Crippen molar-refractivity contribution >= 4 is 29.0 Å². The van der Waals surface area contributed by atoms with Gasteiger partial charge in [-0.15, -0.1) is 0 Å². The Morgan fingerprint density at radius 3 is 2.69 bits per heavy atom. The van der Waals surface area contributed by atoms with Crippen molar-refractivity contribution in [3.8, 4) is 0 Å². The molecule has 1 aliphatic rings. The second kappa shape index (κ2) is 9.60. The van der Waals surface area contributed by atoms with Crippen molar-refractivity contribution in [3.63, 3.8) is 0 Å². The highest BCUT2D eigenvalue weighted by atomic mass is 16.2. The number of amides is 2. The lowest BCUT2D eigenvalue weighted by atomic mass is 10.1. The molecule has 2 aromatic carbocycles. The third-order valence-corrected chi connectivity index (χ3v) is 5.63. The van der Waals surface area contributed by atoms with Crippen LogP contribution in [0.1, 0.15) is 30.2 Å². The predicted octanol–water partition coefficient (Wildman–Crippen LogP) is 4.08. The molecule has 3 aromatic rings. The number of carbonyl (C=O) groups is 2. The van der Waals surface area contributed by atoms with Crippen LogP contribution >= 0.6 is 0 Å². The van der Waals surface area contributed by atoms with Crippen LogP contribution in [0.25, 0.3) is 0 Å². The van der Waals surface area contributed by atoms with Crippen molar-refractivity contribution in [3.05, 3.63) is 77.7 Å². The predicted molar refractivity (Wildman–Crippen MR) is 124 cm³/mol. The summed E-state index contributed by atoms with van der Waals surface area (Å²) in [6.45, 7) is 4.91. The molecule has 0 radical (unpaired) electrons. The molecule has 1 atom stereocenters. The second-order valence-electron chi connectivity index (χ2n) is 8.05. The fourth-order valence-corrected chi connectivity index (χ4v) is 3.89. The lowest BCUT2D eigenvalue weighted by Gasteiger charge is -2.17. The highest BCUT2D eigenvalue weighted by molar-refractivity contribution is 5.98. The molecule has 0 spiro atoms. The van der Waals surface area contributed by atoms with E-state index >= 15 is 0 Å². The van der Waals surface area contributed by atoms with Crippen molar-refractivity contribution in [1.29, 1.82) is 0 Å². The monoisotopic (exact) mass is 429 g/mol. The topological polar surface area (TPSA) is 87.2 Å². The van der Waals surface area contributed by atoms with Gasteiger partial charge >= 0.3 is 0 Å². The van der Waals surface area contributed by atoms with E-state index in [2.05, 4.69) is 20.6 Å². The summed E-state index contributed by atoms with van der Waals surface area (Å²) < 4.78 is 0. The third kappa shape index (κ3) is 5.11. The van der Waals surface area contributed by atoms with Crippen molar-refractivity contribution in [1.82, 2.24) is 14.9 Å². The van der Waals surface area contributed by atoms with Gasteiger partial charge in [-0.25, -0.2) is 9.97 Å². The zero-order valence-corrected chi connectivity index (χ0v) is 18.3. The molecule has 2 N–H and O–H groups in total. The summed E-state index contributed by atoms with van der Waals surface area (Å²) in [5.41, 5.74) is 4.54. The molecule has 1 fully saturated rings. The highest BCUT2D eigenvalue weighted by Crippen LogP contribution is 2.27. The number of aromatic nitrogens is 2. The Labute approximate surface area is 187 Å². The van der Waals surface area contributed by atoms with Gasteiger partial charge in [0, 0.05) is 42.6 Å². The molecule has 1 aliphatic heterocycles. The number of rotatable bonds is 7. The van der Waals surface area contributed by atoms with Gasteiger partial charge in [-0.05, 0) is 36.6 Å². The van der Waals surface area contributed by atoms with Crippen molar-refractivity contribution in [2.45, 2.75) is 33.2 Å². The lowest BCUT2D eigenvalue weighted by molar-refractivity contribution is -0.128. The Morgan fingerprint density at radius 2 is 1.94 bits per heavy atom. The number of anilines is 3. The van der Waals surface area contributed by atoms with Crippen molar-refractivity contribution in [2.75, 3.05) is 17.2 Å². The standard InChI is InChI=1S/C25H27N5O2/c1-3-19-9-10-21(28-23-11-17(2)26-16-27-23)13-22(19)29-25(32)20-12-24(31)30(15-20)14-18-7-5-4-6-8-18/h4-11,13,16,20H,3,12,14-15H2,1-2H3,(H,29,32)(H,26,27,28). The molecule has 7 nitrogen and oxygen atoms in total. The van der Waals surface area contributed by atoms with Gasteiger partial charge < -0.3 is 15.5 Å². The molecule has 2 heterocycles. The van der Waals surface area contributed by atoms with Gasteiger partial charge in [0.2, 0.25) is 11.8 Å². The number of hydrogen-bond donors (Lipinski definition) is 2. The number of carbonyl (C=O) groups excluding carboxylic acids is 2. The van der Waals surface area contributed by atoms with E-state index in [1.807, 2.05) is 68.4 Å². The van der Waals surface area contributed by atoms with Gasteiger partial charge in [0.05, 0.1) is 5.92 Å². The molecular weight excluding hydrogens is 402 g/mol. The van der Waals surface area contributed by atoms with Gasteiger partial charge in [-0.1, -0.05) is 43.3 Å². The maximum atomic E-state index is 13.0. The maximum Gasteiger partial charge on any atom is 0.229 e. The first-order valence-corrected chi connectivity index (χ1v) is 10.8. The first kappa shape index (κ1) is 21.5. The van der Waals surface area contributed by atoms with Gasteiger partial charge in [0.1, 0.15) is 12.1 Å². The molecule has 1 saturated heterocycles. The second-order valence-corrected chi connectivity index (χ2v) is 8.05. The van der Waals surface area contributed by atoms with Crippen LogP contribution in [0, 0.1) is 12.8 Å². The summed E-state index contributed by atoms with van der Waals surface area (Å²) in [6.07, 6.45) is 2.53. The van der Waals surface area contributed by atoms with Gasteiger partial charge in [-0.3, -0.25) is 9.59 Å². The minimum atomic E-state index is -0.364. The van der Waals surface area contributed by atoms with Crippen molar-refractivity contribution < 1.29 is 9.59 Å². The molecular formula is C25H27N5O2. The Balaban J connectivity index is 1.44. The van der Waals surface area contributed by atoms with E-state index in [9.17, 15) is 9.59 Å². The Morgan fingerprint density at radius 1 is 1.12 bits per heavy atom. The van der Waals surface area contributed by atoms with E-state index < -0.39 is 0 Å². The number of nitrogens with zero attached hydrogens (tertiary/aromatic N) is 3. The molecule has 7 heteroatoms. The molecule has 0 saturated carbocycles. The van der Waals surface area contributed by atoms with Gasteiger partial charge in [0.15, 0.2) is 0 Å². The van der Waals surface area contributed by atoms with Crippen LogP contribution in [0.2, 0.25) is 0 Å². The Hall–Kier alpha value is -3.74. The molecule has 2 amide bonds. The van der Waals surface area contributed by atoms with Crippen LogP contribution in [-0.4, -0.2) is 33.2 Å². The lowest BCUT2D eigenvalue weighted by Crippen LogP contribution is -2.28. The Kier molecular flexibility index (Phi) is 6.44. The summed E-state index contributed by atoms with van der Waals surface area (Å²) in [4.78, 5) is 35.6. The first-order chi connectivity index (χ1) is 15.5. The van der Waals surface area contributed by atoms with E-state index in [0.29, 0.717) is 18.9 Å². The van der Waals surface area contributed by atoms with Gasteiger partial charge in [-0.2, -0.15) is 0 Å². The quantitative estimate of drug-likeness (QED) is 0.591. The van der Waals surface area contributed by atoms with Gasteiger partial charge in [0.25, 0.3) is 0 Å². The molecule has 1 aromatic heterocycles. The SMILES string of the molecule is CCc1ccc(Nc2cc(C)ncn2)cc1NC(=O)C1CC(=O)N(Cc2ccccc2)C1. The average molecular weight is 430 g/mol. The normalized spacial score (nSPS) is 15.6. The van der Waals surface area contributed by atoms with E-state index in [4.69, 9.17) is 0 Å². The molecule has 4 rings (SSSR count). The van der Waals surface area contributed by atoms with Crippen LogP contribution in [0.4, 0.5) is 17.2 Å². The van der Waals surface area contributed by atoms with E-state index in [1.165, 1.54) is 6.33 Å². The van der Waals surface area contributed by atoms with Crippen molar-refractivity contribution in [2.24, 2.45) is 5.92 Å². The van der Waals surface area contributed by atoms with Crippen LogP contribution in [0.5, 0.6) is 0 Å². The van der Waals surface area contributed by atoms with Crippen LogP contribution in [0.3, 0.4) is 0 Å². The largest absolute Gasteiger partial charge is 0.340 e. The summed E-state index contributed by atoms with van der Waals surface area (Å²) >= 11 is 0. The number of hydrogen-bond acceptors (Lipinski definition) is 5. The fraction of sp³-hybridized carbons (Fsp3) is 0.280. The van der Waals surface area contributed by atoms with Crippen LogP contribution in [0.15, 0.2) is 60.9 Å². The fourth-order valence-electron chi connectivity index (χ4n) is 3.89. The van der Waals surface area contributed by atoms with E-state index in [1.54, 1.807) is 4.90 Å². The molecule has 0 aliphatic carbocycles. The molecule has 1 unspecified atom stereocenters. The number of likely N-dealkylation sites (tertiary alicyclic amines) is 1. The highest BCUT2D eigenvalue weighted by Gasteiger charge is 2.34. The molecule has 164 valence electrons. The smallest absolute Gasteiger partial charge is 0.229 e. The third-order valence-electron chi connectivity index (χ3n) is 5.63. The average Bonchev–Trinajstić information content (AvgIpc) is 3.15. The molecule has 0 bridgehead atoms. The van der Waals surface area contributed by atoms with Crippen LogP contribution in [-0.2, 0) is 22.6 Å². The zero-order chi connectivity index (χ0) is 22.5. The summed E-state index contributed by atoms with van der Waals surface area (Å²) in [5.74, 6) is 0.215. The number of nitrogens with one attached hydrogen (secondary N) is 2. The Bertz CT molecular complexity index is 1120. The maximum absolute atomic E-state index is 13.0. The zero-order valence-electron chi connectivity index (χ0n) is 18.3. The summed E-state index contributed by atoms with van der Waals surface area (Å²) in [5, 5.41) is 6.31. The number of aryl methyl sites for hydroxylation is 2. The summed E-state index contributed by atoms with van der Waals surface area (Å²) in [7, 11) is 0. The van der Waals surface area contributed by atoms with E-state index in [-0.39, 0.29) is 24.2 Å². The number of benzene rings is 2. The minimum Gasteiger partial charge on any atom is -0.340 e. The minimum absolute atomic E-state index is 0.0132. The van der Waals surface area contributed by atoms with E-state index in [0.717, 1.165) is 34.6 Å².